The smallest absolute Gasteiger partial charge is 0.154 e. The summed E-state index contributed by atoms with van der Waals surface area (Å²) in [5, 5.41) is 0. The molecule has 0 unspecified atom stereocenters. The Hall–Kier alpha value is -0.750. The van der Waals surface area contributed by atoms with Crippen LogP contribution in [0.5, 0.6) is 0 Å². The minimum Gasteiger partial charge on any atom is -0.298 e. The Morgan fingerprint density at radius 3 is 2.77 bits per heavy atom. The van der Waals surface area contributed by atoms with Gasteiger partial charge in [0.15, 0.2) is 15.6 Å². The Morgan fingerprint density at radius 2 is 2.31 bits per heavy atom. The number of aromatic nitrogens is 1. The zero-order valence-electron chi connectivity index (χ0n) is 7.06. The normalized spacial score (nSPS) is 11.5. The number of ketones is 1. The third-order valence-electron chi connectivity index (χ3n) is 1.28. The Kier molecular flexibility index (Phi) is 3.16. The molecule has 0 fully saturated rings. The third-order valence-corrected chi connectivity index (χ3v) is 2.90. The van der Waals surface area contributed by atoms with E-state index in [1.54, 1.807) is 11.7 Å². The predicted molar refractivity (Wildman–Crippen MR) is 50.5 cm³/mol. The van der Waals surface area contributed by atoms with Gasteiger partial charge in [-0.15, -0.1) is 11.3 Å². The first-order chi connectivity index (χ1) is 5.97. The second-order valence-corrected chi connectivity index (χ2v) is 5.86. The zero-order chi connectivity index (χ0) is 9.90. The van der Waals surface area contributed by atoms with E-state index in [9.17, 15) is 13.2 Å². The summed E-state index contributed by atoms with van der Waals surface area (Å²) >= 11 is 1.35. The maximum absolute atomic E-state index is 11.1. The average Bonchev–Trinajstić information content (AvgIpc) is 2.34. The molecule has 0 amide bonds. The molecule has 72 valence electrons. The lowest BCUT2D eigenvalue weighted by Gasteiger charge is -1.95. The van der Waals surface area contributed by atoms with E-state index in [1.807, 2.05) is 0 Å². The van der Waals surface area contributed by atoms with Crippen LogP contribution in [0.4, 0.5) is 0 Å². The summed E-state index contributed by atoms with van der Waals surface area (Å²) in [5.74, 6) is -0.669. The lowest BCUT2D eigenvalue weighted by molar-refractivity contribution is -0.116. The summed E-state index contributed by atoms with van der Waals surface area (Å²) in [6, 6.07) is 0. The molecule has 13 heavy (non-hydrogen) atoms. The van der Waals surface area contributed by atoms with Crippen molar-refractivity contribution in [3.05, 3.63) is 16.6 Å². The van der Waals surface area contributed by atoms with Crippen LogP contribution in [0.2, 0.25) is 0 Å². The van der Waals surface area contributed by atoms with Gasteiger partial charge in [-0.1, -0.05) is 0 Å². The minimum atomic E-state index is -3.19. The number of hydrogen-bond donors (Lipinski definition) is 0. The number of thiazole rings is 1. The molecule has 0 aliphatic carbocycles. The molecule has 0 bridgehead atoms. The summed E-state index contributed by atoms with van der Waals surface area (Å²) in [6.45, 7) is 0. The van der Waals surface area contributed by atoms with E-state index >= 15 is 0 Å². The Balaban J connectivity index is 2.53. The van der Waals surface area contributed by atoms with Crippen molar-refractivity contribution in [2.24, 2.45) is 0 Å². The fraction of sp³-hybridized carbons (Fsp3) is 0.429. The van der Waals surface area contributed by atoms with Crippen molar-refractivity contribution in [3.63, 3.8) is 0 Å². The quantitative estimate of drug-likeness (QED) is 0.730. The molecule has 6 heteroatoms. The number of Topliss-reactive ketones (excluding diaryl/α,β-unsaturated/α-hetero) is 1. The maximum Gasteiger partial charge on any atom is 0.154 e. The SMILES string of the molecule is CS(=O)(=O)CC(=O)Cc1cncs1. The second-order valence-electron chi connectivity index (χ2n) is 2.75. The van der Waals surface area contributed by atoms with Crippen LogP contribution >= 0.6 is 11.3 Å². The molecule has 1 aromatic heterocycles. The summed E-state index contributed by atoms with van der Waals surface area (Å²) in [4.78, 5) is 15.7. The first-order valence-electron chi connectivity index (χ1n) is 3.54. The van der Waals surface area contributed by atoms with Gasteiger partial charge in [-0.05, 0) is 0 Å². The van der Waals surface area contributed by atoms with Crippen LogP contribution in [0.3, 0.4) is 0 Å². The van der Waals surface area contributed by atoms with Gasteiger partial charge in [0, 0.05) is 23.8 Å². The van der Waals surface area contributed by atoms with Gasteiger partial charge >= 0.3 is 0 Å². The molecule has 0 atom stereocenters. The average molecular weight is 219 g/mol. The first kappa shape index (κ1) is 10.3. The van der Waals surface area contributed by atoms with E-state index in [0.717, 1.165) is 11.1 Å². The van der Waals surface area contributed by atoms with E-state index in [0.29, 0.717) is 0 Å². The number of hydrogen-bond acceptors (Lipinski definition) is 5. The van der Waals surface area contributed by atoms with Crippen molar-refractivity contribution in [2.75, 3.05) is 12.0 Å². The first-order valence-corrected chi connectivity index (χ1v) is 6.48. The molecule has 1 rings (SSSR count). The van der Waals surface area contributed by atoms with Crippen LogP contribution in [-0.2, 0) is 21.1 Å². The van der Waals surface area contributed by atoms with Gasteiger partial charge in [0.05, 0.1) is 5.51 Å². The zero-order valence-corrected chi connectivity index (χ0v) is 8.69. The third kappa shape index (κ3) is 4.14. The summed E-state index contributed by atoms with van der Waals surface area (Å²) in [5.41, 5.74) is 1.61. The number of carbonyl (C=O) groups excluding carboxylic acids is 1. The van der Waals surface area contributed by atoms with Crippen molar-refractivity contribution in [2.45, 2.75) is 6.42 Å². The maximum atomic E-state index is 11.1. The van der Waals surface area contributed by atoms with Gasteiger partial charge < -0.3 is 0 Å². The standard InChI is InChI=1S/C7H9NO3S2/c1-13(10,11)4-6(9)2-7-3-8-5-12-7/h3,5H,2,4H2,1H3. The number of nitrogens with zero attached hydrogens (tertiary/aromatic N) is 1. The van der Waals surface area contributed by atoms with Gasteiger partial charge in [0.2, 0.25) is 0 Å². The second kappa shape index (κ2) is 3.97. The Morgan fingerprint density at radius 1 is 1.62 bits per heavy atom. The van der Waals surface area contributed by atoms with Crippen molar-refractivity contribution in [1.82, 2.24) is 4.98 Å². The highest BCUT2D eigenvalue weighted by atomic mass is 32.2. The van der Waals surface area contributed by atoms with Gasteiger partial charge in [0.1, 0.15) is 5.75 Å². The molecular formula is C7H9NO3S2. The Bertz CT molecular complexity index is 380. The highest BCUT2D eigenvalue weighted by molar-refractivity contribution is 7.91. The number of sulfone groups is 1. The van der Waals surface area contributed by atoms with Crippen LogP contribution in [0.15, 0.2) is 11.7 Å². The molecule has 1 heterocycles. The molecule has 0 aliphatic rings. The van der Waals surface area contributed by atoms with E-state index in [4.69, 9.17) is 0 Å². The highest BCUT2D eigenvalue weighted by Crippen LogP contribution is 2.06. The van der Waals surface area contributed by atoms with E-state index in [2.05, 4.69) is 4.98 Å². The summed E-state index contributed by atoms with van der Waals surface area (Å²) < 4.78 is 21.5. The van der Waals surface area contributed by atoms with Crippen molar-refractivity contribution in [1.29, 1.82) is 0 Å². The largest absolute Gasteiger partial charge is 0.298 e. The minimum absolute atomic E-state index is 0.164. The molecule has 4 nitrogen and oxygen atoms in total. The van der Waals surface area contributed by atoms with Crippen LogP contribution in [0.1, 0.15) is 4.88 Å². The van der Waals surface area contributed by atoms with Crippen LogP contribution in [0, 0.1) is 0 Å². The summed E-state index contributed by atoms with van der Waals surface area (Å²) in [6.07, 6.45) is 2.79. The predicted octanol–water partition coefficient (Wildman–Crippen LogP) is 0.299. The topological polar surface area (TPSA) is 64.1 Å². The van der Waals surface area contributed by atoms with Crippen molar-refractivity contribution >= 4 is 27.0 Å². The van der Waals surface area contributed by atoms with Crippen molar-refractivity contribution < 1.29 is 13.2 Å². The van der Waals surface area contributed by atoms with Crippen LogP contribution in [0.25, 0.3) is 0 Å². The van der Waals surface area contributed by atoms with E-state index in [-0.39, 0.29) is 18.0 Å². The molecule has 0 aromatic carbocycles. The molecule has 1 aromatic rings. The van der Waals surface area contributed by atoms with Gasteiger partial charge in [0.25, 0.3) is 0 Å². The molecule has 0 saturated heterocycles. The molecule has 0 saturated carbocycles. The van der Waals surface area contributed by atoms with E-state index < -0.39 is 9.84 Å². The fourth-order valence-corrected chi connectivity index (χ4v) is 2.18. The van der Waals surface area contributed by atoms with Crippen LogP contribution in [-0.4, -0.2) is 31.2 Å². The number of rotatable bonds is 4. The molecule has 0 spiro atoms. The van der Waals surface area contributed by atoms with Gasteiger partial charge in [-0.25, -0.2) is 8.42 Å². The lowest BCUT2D eigenvalue weighted by atomic mass is 10.3. The molecule has 0 aliphatic heterocycles. The Labute approximate surface area is 80.5 Å². The van der Waals surface area contributed by atoms with Crippen molar-refractivity contribution in [3.8, 4) is 0 Å². The fourth-order valence-electron chi connectivity index (χ4n) is 0.867. The van der Waals surface area contributed by atoms with Gasteiger partial charge in [-0.3, -0.25) is 9.78 Å². The lowest BCUT2D eigenvalue weighted by Crippen LogP contribution is -2.15. The molecule has 0 radical (unpaired) electrons. The molecule has 0 N–H and O–H groups in total. The monoisotopic (exact) mass is 219 g/mol. The molecular weight excluding hydrogens is 210 g/mol. The van der Waals surface area contributed by atoms with Crippen LogP contribution < -0.4 is 0 Å². The highest BCUT2D eigenvalue weighted by Gasteiger charge is 2.11. The van der Waals surface area contributed by atoms with Gasteiger partial charge in [-0.2, -0.15) is 0 Å². The number of carbonyl (C=O) groups is 1. The van der Waals surface area contributed by atoms with E-state index in [1.165, 1.54) is 11.3 Å². The summed E-state index contributed by atoms with van der Waals surface area (Å²) in [7, 11) is -3.19.